The summed E-state index contributed by atoms with van der Waals surface area (Å²) in [5, 5.41) is 18.2. The molecule has 1 unspecified atom stereocenters. The van der Waals surface area contributed by atoms with Gasteiger partial charge < -0.3 is 5.41 Å². The van der Waals surface area contributed by atoms with E-state index in [2.05, 4.69) is 127 Å². The Balaban J connectivity index is 0.00000172. The van der Waals surface area contributed by atoms with Crippen LogP contribution in [-0.4, -0.2) is 11.4 Å². The van der Waals surface area contributed by atoms with Crippen LogP contribution in [0.1, 0.15) is 125 Å². The summed E-state index contributed by atoms with van der Waals surface area (Å²) in [4.78, 5) is 0. The molecule has 0 aliphatic rings. The van der Waals surface area contributed by atoms with E-state index in [4.69, 9.17) is 10.8 Å². The molecule has 2 N–H and O–H groups in total. The zero-order chi connectivity index (χ0) is 25.5. The number of rotatable bonds is 8. The van der Waals surface area contributed by atoms with Gasteiger partial charge in [0.15, 0.2) is 0 Å². The van der Waals surface area contributed by atoms with Crippen molar-refractivity contribution in [3.8, 4) is 0 Å². The molecule has 0 aliphatic carbocycles. The summed E-state index contributed by atoms with van der Waals surface area (Å²) in [6.45, 7) is 19.7. The van der Waals surface area contributed by atoms with Gasteiger partial charge in [0.25, 0.3) is 0 Å². The van der Waals surface area contributed by atoms with E-state index in [1.165, 1.54) is 38.7 Å². The molecule has 0 heterocycles. The van der Waals surface area contributed by atoms with Gasteiger partial charge in [-0.15, -0.1) is 0 Å². The van der Waals surface area contributed by atoms with Crippen LogP contribution < -0.4 is 0 Å². The normalized spacial score (nSPS) is 12.3. The van der Waals surface area contributed by atoms with Crippen molar-refractivity contribution >= 4 is 39.9 Å². The van der Waals surface area contributed by atoms with Crippen molar-refractivity contribution in [2.45, 2.75) is 91.9 Å². The number of nitrogens with one attached hydrogen (secondary N) is 2. The Morgan fingerprint density at radius 2 is 0.939 bits per heavy atom. The number of halogens is 2. The van der Waals surface area contributed by atoms with Gasteiger partial charge in [-0.3, -0.25) is 5.41 Å². The molecule has 5 heteroatoms. The van der Waals surface area contributed by atoms with E-state index in [1.807, 2.05) is 0 Å². The monoisotopic (exact) mass is 620 g/mol. The van der Waals surface area contributed by atoms with Crippen molar-refractivity contribution in [1.82, 2.24) is 0 Å². The van der Waals surface area contributed by atoms with Crippen LogP contribution in [0.4, 0.5) is 0 Å². The molecule has 0 fully saturated rings. The van der Waals surface area contributed by atoms with Crippen molar-refractivity contribution in [2.75, 3.05) is 0 Å². The van der Waals surface area contributed by atoms with Crippen molar-refractivity contribution in [3.63, 3.8) is 0 Å². The third-order valence-electron chi connectivity index (χ3n) is 6.18. The molecular weight excluding hydrogens is 583 g/mol. The van der Waals surface area contributed by atoms with Crippen LogP contribution in [0.3, 0.4) is 0 Å². The predicted octanol–water partition coefficient (Wildman–Crippen LogP) is 10.1. The first-order chi connectivity index (χ1) is 15.4. The van der Waals surface area contributed by atoms with Gasteiger partial charge in [-0.1, -0.05) is 98.7 Å². The molecule has 0 amide bonds. The molecule has 1 atom stereocenters. The predicted molar refractivity (Wildman–Crippen MR) is 150 cm³/mol. The molecule has 0 saturated heterocycles. The van der Waals surface area contributed by atoms with Gasteiger partial charge in [0.05, 0.1) is 11.4 Å². The fraction of sp³-hybridized carbons (Fsp3) is 0.500. The van der Waals surface area contributed by atoms with Crippen molar-refractivity contribution in [1.29, 1.82) is 10.8 Å². The SMILES string of the molecule is CC(C)c1cccc(C(C)C)c1C(=N)C(=N)C(C)c1c(C(C)C)cccc1C(C)C.[Br][Ni][Br]. The Bertz CT molecular complexity index is 896. The molecular formula is C28H40Br2N2Ni. The molecule has 2 rings (SSSR count). The van der Waals surface area contributed by atoms with Crippen LogP contribution >= 0.6 is 28.5 Å². The molecule has 0 aliphatic heterocycles. The van der Waals surface area contributed by atoms with Gasteiger partial charge in [0.2, 0.25) is 0 Å². The van der Waals surface area contributed by atoms with E-state index >= 15 is 0 Å². The summed E-state index contributed by atoms with van der Waals surface area (Å²) in [5.41, 5.74) is 7.94. The second-order valence-corrected chi connectivity index (χ2v) is 14.8. The molecule has 0 bridgehead atoms. The number of benzene rings is 2. The quantitative estimate of drug-likeness (QED) is 0.217. The summed E-state index contributed by atoms with van der Waals surface area (Å²) in [7, 11) is 1.25. The van der Waals surface area contributed by atoms with Gasteiger partial charge in [-0.2, -0.15) is 0 Å². The Kier molecular flexibility index (Phi) is 12.8. The second-order valence-electron chi connectivity index (χ2n) is 9.84. The van der Waals surface area contributed by atoms with E-state index in [1.54, 1.807) is 0 Å². The van der Waals surface area contributed by atoms with Crippen LogP contribution in [0.2, 0.25) is 0 Å². The zero-order valence-corrected chi connectivity index (χ0v) is 25.6. The van der Waals surface area contributed by atoms with E-state index in [0.29, 0.717) is 35.1 Å². The fourth-order valence-electron chi connectivity index (χ4n) is 4.44. The van der Waals surface area contributed by atoms with Crippen LogP contribution in [0.25, 0.3) is 0 Å². The number of hydrogen-bond donors (Lipinski definition) is 2. The minimum atomic E-state index is -0.117. The topological polar surface area (TPSA) is 47.7 Å². The number of hydrogen-bond acceptors (Lipinski definition) is 2. The van der Waals surface area contributed by atoms with Crippen LogP contribution in [0, 0.1) is 10.8 Å². The fourth-order valence-corrected chi connectivity index (χ4v) is 4.44. The Hall–Kier alpha value is -0.766. The van der Waals surface area contributed by atoms with E-state index in [9.17, 15) is 0 Å². The maximum absolute atomic E-state index is 9.11. The Morgan fingerprint density at radius 3 is 1.24 bits per heavy atom. The Morgan fingerprint density at radius 1 is 0.636 bits per heavy atom. The zero-order valence-electron chi connectivity index (χ0n) is 21.4. The summed E-state index contributed by atoms with van der Waals surface area (Å²) in [6.07, 6.45) is 0. The van der Waals surface area contributed by atoms with Crippen LogP contribution in [0.15, 0.2) is 36.4 Å². The molecule has 2 aromatic rings. The Labute approximate surface area is 222 Å². The molecule has 0 aromatic heterocycles. The van der Waals surface area contributed by atoms with Gasteiger partial charge in [-0.25, -0.2) is 0 Å². The van der Waals surface area contributed by atoms with Gasteiger partial charge >= 0.3 is 39.3 Å². The molecule has 0 spiro atoms. The van der Waals surface area contributed by atoms with Gasteiger partial charge in [-0.05, 0) is 51.5 Å². The molecule has 186 valence electrons. The third-order valence-corrected chi connectivity index (χ3v) is 6.18. The van der Waals surface area contributed by atoms with Crippen LogP contribution in [-0.2, 0) is 10.9 Å². The summed E-state index contributed by atoms with van der Waals surface area (Å²) in [5.74, 6) is 1.29. The molecule has 2 aromatic carbocycles. The summed E-state index contributed by atoms with van der Waals surface area (Å²) in [6, 6.07) is 12.9. The molecule has 2 nitrogen and oxygen atoms in total. The average molecular weight is 623 g/mol. The van der Waals surface area contributed by atoms with Crippen molar-refractivity contribution in [2.24, 2.45) is 0 Å². The summed E-state index contributed by atoms with van der Waals surface area (Å²) < 4.78 is 0. The van der Waals surface area contributed by atoms with E-state index in [0.717, 1.165) is 5.56 Å². The first kappa shape index (κ1) is 30.3. The van der Waals surface area contributed by atoms with Crippen LogP contribution in [0.5, 0.6) is 0 Å². The summed E-state index contributed by atoms with van der Waals surface area (Å²) >= 11 is 6.00. The molecule has 33 heavy (non-hydrogen) atoms. The standard InChI is InChI=1S/C28H40N2.2BrH.Ni/c1-16(2)21-12-10-13-22(17(3)4)25(21)20(9)27(29)28(30)26-23(18(5)6)14-11-15-24(26)19(7)8;;;/h10-20,29-30H,1-9H3;2*1H;/q;;;+2/p-2. The van der Waals surface area contributed by atoms with E-state index in [-0.39, 0.29) is 5.92 Å². The molecule has 0 radical (unpaired) electrons. The van der Waals surface area contributed by atoms with Crippen molar-refractivity contribution < 1.29 is 10.9 Å². The third kappa shape index (κ3) is 7.61. The first-order valence-electron chi connectivity index (χ1n) is 11.7. The van der Waals surface area contributed by atoms with E-state index < -0.39 is 0 Å². The average Bonchev–Trinajstić information content (AvgIpc) is 2.76. The maximum atomic E-state index is 9.11. The second kappa shape index (κ2) is 14.0. The van der Waals surface area contributed by atoms with Gasteiger partial charge in [0.1, 0.15) is 0 Å². The first-order valence-corrected chi connectivity index (χ1v) is 16.5. The minimum absolute atomic E-state index is 0.117. The van der Waals surface area contributed by atoms with Crippen molar-refractivity contribution in [3.05, 3.63) is 69.8 Å². The molecule has 0 saturated carbocycles. The van der Waals surface area contributed by atoms with Gasteiger partial charge in [0, 0.05) is 11.5 Å².